The Labute approximate surface area is 46.4 Å². The number of rotatable bonds is 1. The van der Waals surface area contributed by atoms with Gasteiger partial charge in [0.25, 0.3) is 0 Å². The lowest BCUT2D eigenvalue weighted by molar-refractivity contribution is 0.378. The third kappa shape index (κ3) is 0.841. The molecule has 4 nitrogen and oxygen atoms in total. The van der Waals surface area contributed by atoms with Crippen molar-refractivity contribution in [3.63, 3.8) is 0 Å². The third-order valence-corrected chi connectivity index (χ3v) is 0.660. The molecule has 8 heavy (non-hydrogen) atoms. The van der Waals surface area contributed by atoms with Crippen LogP contribution in [0.4, 0.5) is 0 Å². The predicted octanol–water partition coefficient (Wildman–Crippen LogP) is -0.627. The highest BCUT2D eigenvalue weighted by molar-refractivity contribution is 5.72. The van der Waals surface area contributed by atoms with Gasteiger partial charge in [-0.2, -0.15) is 5.10 Å². The summed E-state index contributed by atoms with van der Waals surface area (Å²) in [7, 11) is 0. The molecule has 4 heteroatoms. The van der Waals surface area contributed by atoms with Crippen molar-refractivity contribution in [2.24, 2.45) is 5.10 Å². The largest absolute Gasteiger partial charge is 0.338 e. The van der Waals surface area contributed by atoms with Crippen LogP contribution < -0.4 is 5.53 Å². The number of hydrogen-bond donors (Lipinski definition) is 1. The number of carbonyl (C=O) groups excluding carboxylic acids is 1. The van der Waals surface area contributed by atoms with Crippen LogP contribution in [0.1, 0.15) is 0 Å². The third-order valence-electron chi connectivity index (χ3n) is 0.660. The quantitative estimate of drug-likeness (QED) is 0.488. The molecule has 0 aliphatic carbocycles. The van der Waals surface area contributed by atoms with E-state index in [1.807, 2.05) is 0 Å². The van der Waals surface area contributed by atoms with E-state index in [1.54, 1.807) is 12.5 Å². The average Bonchev–Trinajstić information content (AvgIpc) is 1.90. The van der Waals surface area contributed by atoms with Crippen LogP contribution in [-0.4, -0.2) is 17.6 Å². The summed E-state index contributed by atoms with van der Waals surface area (Å²) in [4.78, 5) is 9.77. The van der Waals surface area contributed by atoms with E-state index in [4.69, 9.17) is 0 Å². The Kier molecular flexibility index (Phi) is 1.27. The molecule has 0 atom stereocenters. The summed E-state index contributed by atoms with van der Waals surface area (Å²) >= 11 is 0. The molecule has 1 amide bonds. The van der Waals surface area contributed by atoms with E-state index in [2.05, 4.69) is 10.6 Å². The lowest BCUT2D eigenvalue weighted by Gasteiger charge is -2.09. The highest BCUT2D eigenvalue weighted by atomic mass is 16.1. The molecule has 0 fully saturated rings. The molecule has 1 rings (SSSR count). The second-order valence-electron chi connectivity index (χ2n) is 1.18. The first kappa shape index (κ1) is 4.83. The van der Waals surface area contributed by atoms with Gasteiger partial charge in [-0.1, -0.05) is 0 Å². The summed E-state index contributed by atoms with van der Waals surface area (Å²) in [6, 6.07) is 0. The second kappa shape index (κ2) is 2.11. The molecule has 0 unspecified atom stereocenters. The molecule has 0 aromatic heterocycles. The Morgan fingerprint density at radius 3 is 3.00 bits per heavy atom. The maximum Gasteiger partial charge on any atom is 0.338 e. The molecular formula is C4H4N3O. The Bertz CT molecular complexity index is 140. The fourth-order valence-electron chi connectivity index (χ4n) is 0.347. The normalized spacial score (nSPS) is 15.8. The van der Waals surface area contributed by atoms with Crippen LogP contribution in [-0.2, 0) is 4.79 Å². The summed E-state index contributed by atoms with van der Waals surface area (Å²) in [5.41, 5.74) is 2.36. The molecule has 0 spiro atoms. The van der Waals surface area contributed by atoms with Crippen LogP contribution in [0.25, 0.3) is 0 Å². The Hall–Kier alpha value is -1.32. The second-order valence-corrected chi connectivity index (χ2v) is 1.18. The standard InChI is InChI=1S/C4H4N3O/c8-4-7-3-1-2-5-6-7/h1-3,6H. The smallest absolute Gasteiger partial charge is 0.261 e. The number of nitrogens with one attached hydrogen (secondary N) is 1. The van der Waals surface area contributed by atoms with Gasteiger partial charge in [0.05, 0.1) is 6.21 Å². The van der Waals surface area contributed by atoms with Crippen molar-refractivity contribution in [1.29, 1.82) is 0 Å². The van der Waals surface area contributed by atoms with Gasteiger partial charge in [0.15, 0.2) is 0 Å². The molecule has 0 saturated heterocycles. The van der Waals surface area contributed by atoms with E-state index < -0.39 is 0 Å². The first-order valence-electron chi connectivity index (χ1n) is 2.06. The Morgan fingerprint density at radius 1 is 1.75 bits per heavy atom. The summed E-state index contributed by atoms with van der Waals surface area (Å²) < 4.78 is 0. The number of hydrazone groups is 1. The average molecular weight is 110 g/mol. The van der Waals surface area contributed by atoms with Gasteiger partial charge in [0.1, 0.15) is 0 Å². The van der Waals surface area contributed by atoms with E-state index in [9.17, 15) is 4.79 Å². The van der Waals surface area contributed by atoms with Crippen molar-refractivity contribution < 1.29 is 4.79 Å². The van der Waals surface area contributed by atoms with Gasteiger partial charge in [0, 0.05) is 6.20 Å². The highest BCUT2D eigenvalue weighted by Gasteiger charge is 1.93. The molecule has 1 N–H and O–H groups in total. The van der Waals surface area contributed by atoms with Gasteiger partial charge in [-0.15, -0.1) is 0 Å². The van der Waals surface area contributed by atoms with E-state index in [1.165, 1.54) is 12.4 Å². The highest BCUT2D eigenvalue weighted by Crippen LogP contribution is 1.81. The maximum atomic E-state index is 9.77. The minimum atomic E-state index is 1.08. The Balaban J connectivity index is 2.51. The molecule has 0 aromatic rings. The van der Waals surface area contributed by atoms with Crippen molar-refractivity contribution in [3.8, 4) is 0 Å². The lowest BCUT2D eigenvalue weighted by Crippen LogP contribution is -2.29. The summed E-state index contributed by atoms with van der Waals surface area (Å²) in [6.07, 6.45) is 6.25. The number of hydrazine groups is 1. The zero-order valence-corrected chi connectivity index (χ0v) is 4.03. The van der Waals surface area contributed by atoms with Gasteiger partial charge >= 0.3 is 6.41 Å². The number of amides is 1. The van der Waals surface area contributed by atoms with Gasteiger partial charge in [0.2, 0.25) is 0 Å². The van der Waals surface area contributed by atoms with E-state index >= 15 is 0 Å². The molecule has 0 aromatic carbocycles. The molecule has 1 radical (unpaired) electrons. The van der Waals surface area contributed by atoms with E-state index in [-0.39, 0.29) is 0 Å². The molecule has 0 bridgehead atoms. The zero-order chi connectivity index (χ0) is 5.82. The molecule has 41 valence electrons. The predicted molar refractivity (Wildman–Crippen MR) is 28.3 cm³/mol. The lowest BCUT2D eigenvalue weighted by atomic mass is 10.6. The van der Waals surface area contributed by atoms with Crippen molar-refractivity contribution >= 4 is 12.6 Å². The van der Waals surface area contributed by atoms with Crippen molar-refractivity contribution in [1.82, 2.24) is 10.5 Å². The fraction of sp³-hybridized carbons (Fsp3) is 0. The van der Waals surface area contributed by atoms with Crippen LogP contribution in [0.5, 0.6) is 0 Å². The molecule has 0 saturated carbocycles. The van der Waals surface area contributed by atoms with Crippen molar-refractivity contribution in [2.75, 3.05) is 0 Å². The van der Waals surface area contributed by atoms with E-state index in [0.717, 1.165) is 5.01 Å². The molecular weight excluding hydrogens is 106 g/mol. The van der Waals surface area contributed by atoms with Crippen molar-refractivity contribution in [2.45, 2.75) is 0 Å². The Morgan fingerprint density at radius 2 is 2.62 bits per heavy atom. The van der Waals surface area contributed by atoms with Gasteiger partial charge < -0.3 is 0 Å². The fourth-order valence-corrected chi connectivity index (χ4v) is 0.347. The van der Waals surface area contributed by atoms with Crippen molar-refractivity contribution in [3.05, 3.63) is 12.3 Å². The number of allylic oxidation sites excluding steroid dienone is 1. The van der Waals surface area contributed by atoms with Gasteiger partial charge in [-0.3, -0.25) is 4.79 Å². The van der Waals surface area contributed by atoms with Crippen LogP contribution >= 0.6 is 0 Å². The monoisotopic (exact) mass is 110 g/mol. The number of nitrogens with zero attached hydrogens (tertiary/aromatic N) is 2. The van der Waals surface area contributed by atoms with Crippen LogP contribution in [0.3, 0.4) is 0 Å². The minimum Gasteiger partial charge on any atom is -0.261 e. The van der Waals surface area contributed by atoms with Gasteiger partial charge in [-0.25, -0.2) is 10.5 Å². The summed E-state index contributed by atoms with van der Waals surface area (Å²) in [5, 5.41) is 4.61. The molecule has 1 aliphatic heterocycles. The maximum absolute atomic E-state index is 9.77. The first-order chi connectivity index (χ1) is 3.93. The first-order valence-corrected chi connectivity index (χ1v) is 2.06. The SMILES string of the molecule is O=[C]N1C=CC=NN1. The summed E-state index contributed by atoms with van der Waals surface area (Å²) in [6.45, 7) is 0. The van der Waals surface area contributed by atoms with Crippen LogP contribution in [0.2, 0.25) is 0 Å². The molecule has 1 aliphatic rings. The van der Waals surface area contributed by atoms with Crippen LogP contribution in [0.15, 0.2) is 17.4 Å². The molecule has 1 heterocycles. The van der Waals surface area contributed by atoms with E-state index in [0.29, 0.717) is 0 Å². The van der Waals surface area contributed by atoms with Gasteiger partial charge in [-0.05, 0) is 6.08 Å². The minimum absolute atomic E-state index is 1.08. The zero-order valence-electron chi connectivity index (χ0n) is 4.03. The summed E-state index contributed by atoms with van der Waals surface area (Å²) in [5.74, 6) is 0. The van der Waals surface area contributed by atoms with Crippen LogP contribution in [0, 0.1) is 0 Å². The topological polar surface area (TPSA) is 44.7 Å². The number of hydrogen-bond acceptors (Lipinski definition) is 3.